The van der Waals surface area contributed by atoms with E-state index in [1.54, 1.807) is 17.0 Å². The summed E-state index contributed by atoms with van der Waals surface area (Å²) in [4.78, 5) is 22.7. The monoisotopic (exact) mass is 211 g/mol. The van der Waals surface area contributed by atoms with Crippen LogP contribution in [0.5, 0.6) is 0 Å². The lowest BCUT2D eigenvalue weighted by molar-refractivity contribution is 0.0556. The van der Waals surface area contributed by atoms with Gasteiger partial charge in [0.1, 0.15) is 0 Å². The topological polar surface area (TPSA) is 57.5 Å². The minimum absolute atomic E-state index is 0.228. The van der Waals surface area contributed by atoms with E-state index in [2.05, 4.69) is 9.47 Å². The van der Waals surface area contributed by atoms with Gasteiger partial charge in [-0.15, -0.1) is 0 Å². The number of carbonyl (C=O) groups excluding carboxylic acids is 2. The van der Waals surface area contributed by atoms with Gasteiger partial charge in [-0.05, 0) is 6.92 Å². The van der Waals surface area contributed by atoms with Gasteiger partial charge >= 0.3 is 11.9 Å². The van der Waals surface area contributed by atoms with Crippen LogP contribution in [0.25, 0.3) is 0 Å². The molecule has 0 bridgehead atoms. The Morgan fingerprint density at radius 2 is 1.53 bits per heavy atom. The summed E-state index contributed by atoms with van der Waals surface area (Å²) in [5.74, 6) is -1.08. The van der Waals surface area contributed by atoms with Crippen LogP contribution in [-0.2, 0) is 16.0 Å². The highest BCUT2D eigenvalue weighted by Gasteiger charge is 2.20. The van der Waals surface area contributed by atoms with Crippen LogP contribution >= 0.6 is 0 Å². The number of aryl methyl sites for hydroxylation is 1. The van der Waals surface area contributed by atoms with Crippen LogP contribution in [-0.4, -0.2) is 30.7 Å². The van der Waals surface area contributed by atoms with Gasteiger partial charge in [0.25, 0.3) is 0 Å². The number of esters is 2. The highest BCUT2D eigenvalue weighted by Crippen LogP contribution is 2.13. The maximum absolute atomic E-state index is 11.3. The summed E-state index contributed by atoms with van der Waals surface area (Å²) < 4.78 is 10.9. The van der Waals surface area contributed by atoms with Gasteiger partial charge in [0.05, 0.1) is 25.3 Å². The van der Waals surface area contributed by atoms with Gasteiger partial charge in [-0.2, -0.15) is 0 Å². The summed E-state index contributed by atoms with van der Waals surface area (Å²) in [7, 11) is 2.54. The number of nitrogens with zero attached hydrogens (tertiary/aromatic N) is 1. The Balaban J connectivity index is 3.17. The summed E-state index contributed by atoms with van der Waals surface area (Å²) in [5.41, 5.74) is 0.456. The Hall–Kier alpha value is -1.78. The van der Waals surface area contributed by atoms with Gasteiger partial charge in [-0.3, -0.25) is 0 Å². The average Bonchev–Trinajstić information content (AvgIpc) is 2.70. The van der Waals surface area contributed by atoms with E-state index in [4.69, 9.17) is 0 Å². The molecule has 1 aromatic heterocycles. The molecule has 0 saturated carbocycles. The molecule has 0 saturated heterocycles. The Labute approximate surface area is 87.6 Å². The first-order valence-corrected chi connectivity index (χ1v) is 4.50. The SMILES string of the molecule is CCn1cc(C(=O)OC)c(C(=O)OC)c1. The van der Waals surface area contributed by atoms with E-state index in [0.717, 1.165) is 0 Å². The third-order valence-corrected chi connectivity index (χ3v) is 2.06. The molecule has 0 aromatic carbocycles. The van der Waals surface area contributed by atoms with E-state index >= 15 is 0 Å². The van der Waals surface area contributed by atoms with Crippen LogP contribution in [0.1, 0.15) is 27.6 Å². The number of hydrogen-bond acceptors (Lipinski definition) is 4. The molecule has 0 fully saturated rings. The molecule has 0 N–H and O–H groups in total. The normalized spacial score (nSPS) is 9.80. The molecule has 1 aromatic rings. The Bertz CT molecular complexity index is 347. The molecule has 5 nitrogen and oxygen atoms in total. The van der Waals surface area contributed by atoms with Gasteiger partial charge in [0, 0.05) is 18.9 Å². The smallest absolute Gasteiger partial charge is 0.340 e. The fourth-order valence-corrected chi connectivity index (χ4v) is 1.24. The summed E-state index contributed by atoms with van der Waals surface area (Å²) in [6.45, 7) is 2.57. The summed E-state index contributed by atoms with van der Waals surface area (Å²) in [5, 5.41) is 0. The number of rotatable bonds is 3. The number of carbonyl (C=O) groups is 2. The van der Waals surface area contributed by atoms with E-state index in [1.807, 2.05) is 6.92 Å². The van der Waals surface area contributed by atoms with Gasteiger partial charge in [0.2, 0.25) is 0 Å². The minimum Gasteiger partial charge on any atom is -0.465 e. The van der Waals surface area contributed by atoms with Gasteiger partial charge < -0.3 is 14.0 Å². The van der Waals surface area contributed by atoms with Crippen molar-refractivity contribution in [3.8, 4) is 0 Å². The predicted octanol–water partition coefficient (Wildman–Crippen LogP) is 1.08. The molecule has 0 atom stereocenters. The van der Waals surface area contributed by atoms with Crippen LogP contribution in [0.15, 0.2) is 12.4 Å². The summed E-state index contributed by atoms with van der Waals surface area (Å²) in [6, 6.07) is 0. The van der Waals surface area contributed by atoms with E-state index in [1.165, 1.54) is 14.2 Å². The number of methoxy groups -OCH3 is 2. The first-order chi connectivity index (χ1) is 7.13. The van der Waals surface area contributed by atoms with Crippen molar-refractivity contribution in [1.82, 2.24) is 4.57 Å². The van der Waals surface area contributed by atoms with Crippen molar-refractivity contribution in [3.05, 3.63) is 23.5 Å². The summed E-state index contributed by atoms with van der Waals surface area (Å²) in [6.07, 6.45) is 3.14. The maximum Gasteiger partial charge on any atom is 0.340 e. The van der Waals surface area contributed by atoms with E-state index in [9.17, 15) is 9.59 Å². The van der Waals surface area contributed by atoms with Crippen molar-refractivity contribution in [3.63, 3.8) is 0 Å². The van der Waals surface area contributed by atoms with E-state index < -0.39 is 11.9 Å². The maximum atomic E-state index is 11.3. The number of hydrogen-bond donors (Lipinski definition) is 0. The Morgan fingerprint density at radius 3 is 1.80 bits per heavy atom. The van der Waals surface area contributed by atoms with Gasteiger partial charge in [-0.25, -0.2) is 9.59 Å². The second-order valence-electron chi connectivity index (χ2n) is 2.90. The quantitative estimate of drug-likeness (QED) is 0.702. The number of aromatic nitrogens is 1. The van der Waals surface area contributed by atoms with Crippen molar-refractivity contribution in [2.75, 3.05) is 14.2 Å². The lowest BCUT2D eigenvalue weighted by Gasteiger charge is -1.99. The molecule has 1 rings (SSSR count). The average molecular weight is 211 g/mol. The standard InChI is InChI=1S/C10H13NO4/c1-4-11-5-7(9(12)14-2)8(6-11)10(13)15-3/h5-6H,4H2,1-3H3. The third kappa shape index (κ3) is 2.18. The van der Waals surface area contributed by atoms with Gasteiger partial charge in [0.15, 0.2) is 0 Å². The number of ether oxygens (including phenoxy) is 2. The van der Waals surface area contributed by atoms with Crippen LogP contribution in [0, 0.1) is 0 Å². The minimum atomic E-state index is -0.539. The highest BCUT2D eigenvalue weighted by atomic mass is 16.5. The molecule has 15 heavy (non-hydrogen) atoms. The van der Waals surface area contributed by atoms with Crippen molar-refractivity contribution >= 4 is 11.9 Å². The van der Waals surface area contributed by atoms with Gasteiger partial charge in [-0.1, -0.05) is 0 Å². The molecular weight excluding hydrogens is 198 g/mol. The van der Waals surface area contributed by atoms with Crippen molar-refractivity contribution in [2.24, 2.45) is 0 Å². The molecule has 0 aliphatic rings. The van der Waals surface area contributed by atoms with E-state index in [0.29, 0.717) is 6.54 Å². The van der Waals surface area contributed by atoms with Crippen molar-refractivity contribution in [2.45, 2.75) is 13.5 Å². The van der Waals surface area contributed by atoms with E-state index in [-0.39, 0.29) is 11.1 Å². The molecule has 0 unspecified atom stereocenters. The molecule has 0 spiro atoms. The first kappa shape index (κ1) is 11.3. The molecule has 0 aliphatic carbocycles. The van der Waals surface area contributed by atoms with Crippen molar-refractivity contribution in [1.29, 1.82) is 0 Å². The van der Waals surface area contributed by atoms with Crippen LogP contribution in [0.3, 0.4) is 0 Å². The fourth-order valence-electron chi connectivity index (χ4n) is 1.24. The zero-order valence-electron chi connectivity index (χ0n) is 8.94. The zero-order valence-corrected chi connectivity index (χ0v) is 8.94. The van der Waals surface area contributed by atoms with Crippen molar-refractivity contribution < 1.29 is 19.1 Å². The summed E-state index contributed by atoms with van der Waals surface area (Å²) >= 11 is 0. The molecule has 0 amide bonds. The Kier molecular flexibility index (Phi) is 3.49. The third-order valence-electron chi connectivity index (χ3n) is 2.06. The molecule has 0 aliphatic heterocycles. The largest absolute Gasteiger partial charge is 0.465 e. The molecule has 5 heteroatoms. The highest BCUT2D eigenvalue weighted by molar-refractivity contribution is 6.03. The Morgan fingerprint density at radius 1 is 1.13 bits per heavy atom. The molecular formula is C10H13NO4. The first-order valence-electron chi connectivity index (χ1n) is 4.50. The zero-order chi connectivity index (χ0) is 11.4. The lowest BCUT2D eigenvalue weighted by atomic mass is 10.2. The second-order valence-corrected chi connectivity index (χ2v) is 2.90. The predicted molar refractivity (Wildman–Crippen MR) is 52.8 cm³/mol. The molecule has 82 valence electrons. The lowest BCUT2D eigenvalue weighted by Crippen LogP contribution is -2.08. The van der Waals surface area contributed by atoms with Crippen LogP contribution in [0.4, 0.5) is 0 Å². The van der Waals surface area contributed by atoms with Crippen LogP contribution in [0.2, 0.25) is 0 Å². The molecule has 0 radical (unpaired) electrons. The second kappa shape index (κ2) is 4.63. The fraction of sp³-hybridized carbons (Fsp3) is 0.400. The molecule has 1 heterocycles. The van der Waals surface area contributed by atoms with Crippen LogP contribution < -0.4 is 0 Å².